The fraction of sp³-hybridized carbons (Fsp3) is 0.579. The van der Waals surface area contributed by atoms with E-state index >= 15 is 0 Å². The van der Waals surface area contributed by atoms with Crippen molar-refractivity contribution in [3.8, 4) is 0 Å². The summed E-state index contributed by atoms with van der Waals surface area (Å²) in [5.74, 6) is -1.56. The van der Waals surface area contributed by atoms with E-state index < -0.39 is 12.1 Å². The molecule has 1 amide bonds. The lowest BCUT2D eigenvalue weighted by molar-refractivity contribution is -0.192. The van der Waals surface area contributed by atoms with Crippen molar-refractivity contribution >= 4 is 11.9 Å². The zero-order chi connectivity index (χ0) is 23.4. The molecule has 4 heterocycles. The molecule has 0 radical (unpaired) electrons. The van der Waals surface area contributed by atoms with Gasteiger partial charge in [-0.2, -0.15) is 13.2 Å². The number of likely N-dealkylation sites (tertiary alicyclic amines) is 1. The third kappa shape index (κ3) is 6.29. The second-order valence-corrected chi connectivity index (χ2v) is 7.86. The zero-order valence-electron chi connectivity index (χ0n) is 17.2. The molecule has 2 aromatic heterocycles. The summed E-state index contributed by atoms with van der Waals surface area (Å²) in [5.41, 5.74) is 0.945. The summed E-state index contributed by atoms with van der Waals surface area (Å²) >= 11 is 0. The molecule has 2 aromatic rings. The number of amides is 1. The number of hydrogen-bond acceptors (Lipinski definition) is 8. The largest absolute Gasteiger partial charge is 0.490 e. The van der Waals surface area contributed by atoms with Crippen LogP contribution < -0.4 is 5.32 Å². The number of ether oxygens (including phenoxy) is 1. The van der Waals surface area contributed by atoms with E-state index in [0.717, 1.165) is 43.9 Å². The summed E-state index contributed by atoms with van der Waals surface area (Å²) < 4.78 is 47.8. The highest BCUT2D eigenvalue weighted by Crippen LogP contribution is 2.36. The van der Waals surface area contributed by atoms with Crippen LogP contribution in [-0.2, 0) is 16.1 Å². The molecule has 1 atom stereocenters. The zero-order valence-corrected chi connectivity index (χ0v) is 17.2. The van der Waals surface area contributed by atoms with Gasteiger partial charge in [0.15, 0.2) is 0 Å². The number of carboxylic acids is 1. The van der Waals surface area contributed by atoms with Gasteiger partial charge in [0.1, 0.15) is 5.76 Å². The third-order valence-corrected chi connectivity index (χ3v) is 5.17. The van der Waals surface area contributed by atoms with Crippen LogP contribution in [0.3, 0.4) is 0 Å². The van der Waals surface area contributed by atoms with Crippen molar-refractivity contribution in [3.05, 3.63) is 35.5 Å². The van der Waals surface area contributed by atoms with Crippen LogP contribution in [0.5, 0.6) is 0 Å². The van der Waals surface area contributed by atoms with Crippen LogP contribution in [0, 0.1) is 12.8 Å². The van der Waals surface area contributed by atoms with E-state index in [9.17, 15) is 18.0 Å². The van der Waals surface area contributed by atoms with Crippen LogP contribution in [-0.4, -0.2) is 70.2 Å². The number of aryl methyl sites for hydroxylation is 1. The first-order valence-corrected chi connectivity index (χ1v) is 9.84. The summed E-state index contributed by atoms with van der Waals surface area (Å²) in [5, 5.41) is 17.6. The molecule has 4 rings (SSSR count). The fourth-order valence-corrected chi connectivity index (χ4v) is 3.59. The number of aliphatic carboxylic acids is 1. The summed E-state index contributed by atoms with van der Waals surface area (Å²) in [7, 11) is 0. The predicted octanol–water partition coefficient (Wildman–Crippen LogP) is 2.02. The average Bonchev–Trinajstić information content (AvgIpc) is 3.38. The highest BCUT2D eigenvalue weighted by atomic mass is 19.4. The van der Waals surface area contributed by atoms with Gasteiger partial charge in [-0.15, -0.1) is 0 Å². The lowest BCUT2D eigenvalue weighted by Gasteiger charge is -2.52. The smallest absolute Gasteiger partial charge is 0.475 e. The molecular formula is C19H23F3N4O6. The molecule has 2 N–H and O–H groups in total. The van der Waals surface area contributed by atoms with Crippen LogP contribution in [0.2, 0.25) is 0 Å². The number of rotatable bonds is 5. The number of carbonyl (C=O) groups is 2. The Kier molecular flexibility index (Phi) is 7.19. The maximum Gasteiger partial charge on any atom is 0.490 e. The van der Waals surface area contributed by atoms with E-state index in [2.05, 4.69) is 20.5 Å². The van der Waals surface area contributed by atoms with Crippen molar-refractivity contribution in [3.63, 3.8) is 0 Å². The number of nitrogens with one attached hydrogen (secondary N) is 1. The summed E-state index contributed by atoms with van der Waals surface area (Å²) in [6.45, 7) is 5.83. The van der Waals surface area contributed by atoms with Crippen LogP contribution in [0.25, 0.3) is 0 Å². The summed E-state index contributed by atoms with van der Waals surface area (Å²) in [4.78, 5) is 23.1. The molecule has 0 aromatic carbocycles. The second kappa shape index (κ2) is 9.69. The fourth-order valence-electron chi connectivity index (χ4n) is 3.59. The Morgan fingerprint density at radius 2 is 2.06 bits per heavy atom. The minimum atomic E-state index is -5.08. The molecular weight excluding hydrogens is 437 g/mol. The highest BCUT2D eigenvalue weighted by molar-refractivity contribution is 5.91. The van der Waals surface area contributed by atoms with Crippen molar-refractivity contribution in [2.24, 2.45) is 5.92 Å². The topological polar surface area (TPSA) is 131 Å². The SMILES string of the molecule is Cc1cc(CN2CC3(CCC(CNC(=O)c4ccno4)CO3)C2)no1.O=C(O)C(F)(F)F. The molecule has 0 bridgehead atoms. The minimum absolute atomic E-state index is 0.0236. The van der Waals surface area contributed by atoms with Gasteiger partial charge in [-0.1, -0.05) is 10.3 Å². The third-order valence-electron chi connectivity index (χ3n) is 5.17. The second-order valence-electron chi connectivity index (χ2n) is 7.86. The quantitative estimate of drug-likeness (QED) is 0.688. The van der Waals surface area contributed by atoms with Crippen molar-refractivity contribution in [2.75, 3.05) is 26.2 Å². The van der Waals surface area contributed by atoms with E-state index in [4.69, 9.17) is 23.7 Å². The summed E-state index contributed by atoms with van der Waals surface area (Å²) in [6.07, 6.45) is -1.55. The van der Waals surface area contributed by atoms with Gasteiger partial charge >= 0.3 is 12.1 Å². The lowest BCUT2D eigenvalue weighted by atomic mass is 9.83. The van der Waals surface area contributed by atoms with E-state index in [0.29, 0.717) is 19.1 Å². The van der Waals surface area contributed by atoms with Crippen molar-refractivity contribution in [1.29, 1.82) is 0 Å². The average molecular weight is 460 g/mol. The first-order valence-electron chi connectivity index (χ1n) is 9.84. The molecule has 0 aliphatic carbocycles. The van der Waals surface area contributed by atoms with E-state index in [-0.39, 0.29) is 17.3 Å². The van der Waals surface area contributed by atoms with Gasteiger partial charge in [0, 0.05) is 38.3 Å². The molecule has 1 unspecified atom stereocenters. The standard InChI is InChI=1S/C17H22N4O4.C2HF3O2/c1-12-6-14(20-24-12)8-21-10-17(11-21)4-2-13(9-23-17)7-18-16(22)15-3-5-19-25-15;3-2(4,5)1(6)7/h3,5-6,13H,2,4,7-11H2,1H3,(H,18,22);(H,6,7). The lowest BCUT2D eigenvalue weighted by Crippen LogP contribution is -2.64. The Morgan fingerprint density at radius 3 is 2.56 bits per heavy atom. The van der Waals surface area contributed by atoms with Crippen LogP contribution in [0.15, 0.2) is 27.4 Å². The highest BCUT2D eigenvalue weighted by Gasteiger charge is 2.46. The molecule has 176 valence electrons. The molecule has 2 aliphatic rings. The van der Waals surface area contributed by atoms with Gasteiger partial charge in [0.05, 0.1) is 24.1 Å². The first-order chi connectivity index (χ1) is 15.1. The Bertz CT molecular complexity index is 899. The summed E-state index contributed by atoms with van der Waals surface area (Å²) in [6, 6.07) is 3.53. The van der Waals surface area contributed by atoms with Gasteiger partial charge in [-0.3, -0.25) is 9.69 Å². The molecule has 2 saturated heterocycles. The van der Waals surface area contributed by atoms with Crippen molar-refractivity contribution < 1.29 is 41.6 Å². The number of nitrogens with zero attached hydrogens (tertiary/aromatic N) is 3. The number of carbonyl (C=O) groups excluding carboxylic acids is 1. The van der Waals surface area contributed by atoms with Crippen LogP contribution in [0.4, 0.5) is 13.2 Å². The first kappa shape index (κ1) is 23.7. The number of aromatic nitrogens is 2. The van der Waals surface area contributed by atoms with Gasteiger partial charge < -0.3 is 24.2 Å². The minimum Gasteiger partial charge on any atom is -0.475 e. The Morgan fingerprint density at radius 1 is 1.34 bits per heavy atom. The van der Waals surface area contributed by atoms with Gasteiger partial charge in [-0.25, -0.2) is 4.79 Å². The monoisotopic (exact) mass is 460 g/mol. The number of halogens is 3. The van der Waals surface area contributed by atoms with Gasteiger partial charge in [0.2, 0.25) is 5.76 Å². The number of hydrogen-bond donors (Lipinski definition) is 2. The van der Waals surface area contributed by atoms with Gasteiger partial charge in [0.25, 0.3) is 5.91 Å². The van der Waals surface area contributed by atoms with E-state index in [1.807, 2.05) is 13.0 Å². The Labute approximate surface area is 180 Å². The van der Waals surface area contributed by atoms with Crippen LogP contribution in [0.1, 0.15) is 34.9 Å². The number of carboxylic acid groups (broad SMARTS) is 1. The van der Waals surface area contributed by atoms with Crippen LogP contribution >= 0.6 is 0 Å². The normalized spacial score (nSPS) is 20.2. The number of alkyl halides is 3. The molecule has 1 spiro atoms. The maximum atomic E-state index is 11.9. The predicted molar refractivity (Wildman–Crippen MR) is 100 cm³/mol. The molecule has 2 aliphatic heterocycles. The van der Waals surface area contributed by atoms with Crippen molar-refractivity contribution in [1.82, 2.24) is 20.5 Å². The molecule has 13 heteroatoms. The van der Waals surface area contributed by atoms with E-state index in [1.54, 1.807) is 6.07 Å². The molecule has 0 saturated carbocycles. The van der Waals surface area contributed by atoms with E-state index in [1.165, 1.54) is 6.20 Å². The Hall–Kier alpha value is -2.93. The Balaban J connectivity index is 0.000000360. The van der Waals surface area contributed by atoms with Crippen molar-refractivity contribution in [2.45, 2.75) is 38.1 Å². The molecule has 10 nitrogen and oxygen atoms in total. The maximum absolute atomic E-state index is 11.9. The molecule has 2 fully saturated rings. The van der Waals surface area contributed by atoms with Gasteiger partial charge in [-0.05, 0) is 25.7 Å². The molecule has 32 heavy (non-hydrogen) atoms.